The number of aliphatic carboxylic acids is 1. The van der Waals surface area contributed by atoms with E-state index in [9.17, 15) is 13.2 Å². The number of carboxylic acids is 1. The number of carbonyl (C=O) groups is 1. The zero-order valence-electron chi connectivity index (χ0n) is 9.39. The van der Waals surface area contributed by atoms with Crippen molar-refractivity contribution in [3.8, 4) is 0 Å². The molecule has 0 aliphatic heterocycles. The summed E-state index contributed by atoms with van der Waals surface area (Å²) in [4.78, 5) is 10.1. The quantitative estimate of drug-likeness (QED) is 0.468. The first kappa shape index (κ1) is 14.1. The maximum atomic E-state index is 10.8. The van der Waals surface area contributed by atoms with Crippen LogP contribution >= 0.6 is 0 Å². The predicted octanol–water partition coefficient (Wildman–Crippen LogP) is 0.948. The summed E-state index contributed by atoms with van der Waals surface area (Å²) in [6, 6.07) is 5.00. The lowest BCUT2D eigenvalue weighted by Crippen LogP contribution is -2.19. The molecule has 9 heteroatoms. The van der Waals surface area contributed by atoms with Crippen LogP contribution < -0.4 is 0 Å². The highest BCUT2D eigenvalue weighted by molar-refractivity contribution is 7.85. The minimum absolute atomic E-state index is 0.250. The van der Waals surface area contributed by atoms with Gasteiger partial charge in [0.15, 0.2) is 0 Å². The maximum absolute atomic E-state index is 10.8. The monoisotopic (exact) mass is 273 g/mol. The van der Waals surface area contributed by atoms with Crippen molar-refractivity contribution in [1.82, 2.24) is 5.01 Å². The lowest BCUT2D eigenvalue weighted by Gasteiger charge is -2.06. The number of benzene rings is 1. The molecule has 98 valence electrons. The van der Waals surface area contributed by atoms with Gasteiger partial charge in [0.05, 0.1) is 10.6 Å². The molecule has 0 aliphatic rings. The molecule has 0 radical (unpaired) electrons. The van der Waals surface area contributed by atoms with Gasteiger partial charge in [-0.05, 0) is 24.3 Å². The molecule has 1 aromatic rings. The van der Waals surface area contributed by atoms with Gasteiger partial charge in [-0.25, -0.2) is 0 Å². The van der Waals surface area contributed by atoms with Crippen molar-refractivity contribution in [2.45, 2.75) is 4.90 Å². The molecule has 1 rings (SSSR count). The fourth-order valence-electron chi connectivity index (χ4n) is 1.04. The summed E-state index contributed by atoms with van der Waals surface area (Å²) in [6.45, 7) is -0.299. The van der Waals surface area contributed by atoms with Crippen LogP contribution in [0, 0.1) is 0 Å². The second-order valence-corrected chi connectivity index (χ2v) is 4.79. The van der Waals surface area contributed by atoms with Crippen molar-refractivity contribution in [3.05, 3.63) is 24.3 Å². The molecule has 0 bridgehead atoms. The molecule has 0 fully saturated rings. The number of nitrogens with zero attached hydrogens (tertiary/aromatic N) is 3. The minimum atomic E-state index is -4.23. The Bertz CT molecular complexity index is 552. The normalized spacial score (nSPS) is 11.7. The van der Waals surface area contributed by atoms with E-state index in [0.717, 1.165) is 5.01 Å². The van der Waals surface area contributed by atoms with Gasteiger partial charge in [-0.2, -0.15) is 8.42 Å². The molecular formula is C9H11N3O5S. The van der Waals surface area contributed by atoms with Gasteiger partial charge < -0.3 is 5.11 Å². The van der Waals surface area contributed by atoms with E-state index in [1.165, 1.54) is 31.3 Å². The van der Waals surface area contributed by atoms with Crippen LogP contribution in [0.1, 0.15) is 0 Å². The molecule has 0 heterocycles. The molecule has 8 nitrogen and oxygen atoms in total. The topological polar surface area (TPSA) is 120 Å². The molecule has 1 aromatic carbocycles. The van der Waals surface area contributed by atoms with Gasteiger partial charge in [0.25, 0.3) is 10.1 Å². The van der Waals surface area contributed by atoms with Crippen molar-refractivity contribution in [2.75, 3.05) is 13.6 Å². The number of carboxylic acid groups (broad SMARTS) is 1. The van der Waals surface area contributed by atoms with Crippen molar-refractivity contribution in [1.29, 1.82) is 0 Å². The second-order valence-electron chi connectivity index (χ2n) is 3.37. The lowest BCUT2D eigenvalue weighted by molar-refractivity contribution is -0.138. The summed E-state index contributed by atoms with van der Waals surface area (Å²) in [5, 5.41) is 16.9. The van der Waals surface area contributed by atoms with E-state index in [2.05, 4.69) is 10.3 Å². The fourth-order valence-corrected chi connectivity index (χ4v) is 1.52. The van der Waals surface area contributed by atoms with Gasteiger partial charge in [0, 0.05) is 7.05 Å². The summed E-state index contributed by atoms with van der Waals surface area (Å²) in [6.07, 6.45) is 0. The zero-order chi connectivity index (χ0) is 13.8. The van der Waals surface area contributed by atoms with Crippen LogP contribution in [-0.2, 0) is 14.9 Å². The summed E-state index contributed by atoms with van der Waals surface area (Å²) >= 11 is 0. The van der Waals surface area contributed by atoms with Gasteiger partial charge in [-0.3, -0.25) is 14.4 Å². The summed E-state index contributed by atoms with van der Waals surface area (Å²) in [7, 11) is -2.79. The first-order valence-corrected chi connectivity index (χ1v) is 6.15. The van der Waals surface area contributed by atoms with Gasteiger partial charge >= 0.3 is 5.97 Å². The van der Waals surface area contributed by atoms with E-state index in [4.69, 9.17) is 9.66 Å². The van der Waals surface area contributed by atoms with E-state index >= 15 is 0 Å². The predicted molar refractivity (Wildman–Crippen MR) is 61.0 cm³/mol. The third kappa shape index (κ3) is 4.47. The van der Waals surface area contributed by atoms with Crippen LogP contribution in [0.5, 0.6) is 0 Å². The van der Waals surface area contributed by atoms with Gasteiger partial charge in [-0.15, -0.1) is 5.11 Å². The smallest absolute Gasteiger partial charge is 0.324 e. The lowest BCUT2D eigenvalue weighted by atomic mass is 10.3. The second kappa shape index (κ2) is 5.56. The van der Waals surface area contributed by atoms with E-state index in [1.807, 2.05) is 0 Å². The van der Waals surface area contributed by atoms with Crippen molar-refractivity contribution in [2.24, 2.45) is 10.3 Å². The van der Waals surface area contributed by atoms with E-state index in [0.29, 0.717) is 5.69 Å². The minimum Gasteiger partial charge on any atom is -0.480 e. The summed E-state index contributed by atoms with van der Waals surface area (Å²) in [5.74, 6) is -1.04. The molecular weight excluding hydrogens is 262 g/mol. The molecule has 0 saturated heterocycles. The van der Waals surface area contributed by atoms with E-state index in [-0.39, 0.29) is 11.4 Å². The average molecular weight is 273 g/mol. The Morgan fingerprint density at radius 1 is 1.33 bits per heavy atom. The van der Waals surface area contributed by atoms with E-state index < -0.39 is 16.1 Å². The Hall–Kier alpha value is -2.00. The van der Waals surface area contributed by atoms with E-state index in [1.54, 1.807) is 0 Å². The number of rotatable bonds is 5. The van der Waals surface area contributed by atoms with Crippen LogP contribution in [0.2, 0.25) is 0 Å². The molecule has 2 N–H and O–H groups in total. The Morgan fingerprint density at radius 2 is 1.89 bits per heavy atom. The SMILES string of the molecule is CN(CC(=O)O)N=Nc1ccc(S(=O)(=O)O)cc1. The Kier molecular flexibility index (Phi) is 4.34. The highest BCUT2D eigenvalue weighted by atomic mass is 32.2. The van der Waals surface area contributed by atoms with Crippen LogP contribution in [0.15, 0.2) is 39.5 Å². The molecule has 18 heavy (non-hydrogen) atoms. The van der Waals surface area contributed by atoms with Crippen LogP contribution in [0.3, 0.4) is 0 Å². The molecule has 0 aromatic heterocycles. The maximum Gasteiger partial charge on any atom is 0.324 e. The van der Waals surface area contributed by atoms with Crippen molar-refractivity contribution >= 4 is 21.8 Å². The highest BCUT2D eigenvalue weighted by Gasteiger charge is 2.08. The summed E-state index contributed by atoms with van der Waals surface area (Å²) in [5.41, 5.74) is 0.333. The zero-order valence-corrected chi connectivity index (χ0v) is 10.2. The van der Waals surface area contributed by atoms with Crippen molar-refractivity contribution in [3.63, 3.8) is 0 Å². The molecule has 0 saturated carbocycles. The molecule has 0 atom stereocenters. The summed E-state index contributed by atoms with van der Waals surface area (Å²) < 4.78 is 30.3. The highest BCUT2D eigenvalue weighted by Crippen LogP contribution is 2.16. The Labute approximate surface area is 103 Å². The number of hydrogen-bond acceptors (Lipinski definition) is 5. The Balaban J connectivity index is 2.75. The first-order chi connectivity index (χ1) is 8.29. The van der Waals surface area contributed by atoms with Crippen LogP contribution in [-0.4, -0.2) is 42.6 Å². The third-order valence-corrected chi connectivity index (χ3v) is 2.68. The first-order valence-electron chi connectivity index (χ1n) is 4.71. The number of hydrogen-bond donors (Lipinski definition) is 2. The van der Waals surface area contributed by atoms with Crippen LogP contribution in [0.25, 0.3) is 0 Å². The largest absolute Gasteiger partial charge is 0.480 e. The van der Waals surface area contributed by atoms with Crippen molar-refractivity contribution < 1.29 is 22.9 Å². The fraction of sp³-hybridized carbons (Fsp3) is 0.222. The standard InChI is InChI=1S/C9H11N3O5S/c1-12(6-9(13)14)11-10-7-2-4-8(5-3-7)18(15,16)17/h2-5H,6H2,1H3,(H,13,14)(H,15,16,17). The van der Waals surface area contributed by atoms with Crippen LogP contribution in [0.4, 0.5) is 5.69 Å². The molecule has 0 unspecified atom stereocenters. The third-order valence-electron chi connectivity index (χ3n) is 1.81. The molecule has 0 spiro atoms. The van der Waals surface area contributed by atoms with Gasteiger partial charge in [-0.1, -0.05) is 5.22 Å². The number of likely N-dealkylation sites (N-methyl/N-ethyl adjacent to an activating group) is 1. The van der Waals surface area contributed by atoms with Gasteiger partial charge in [0.1, 0.15) is 6.54 Å². The molecule has 0 amide bonds. The molecule has 0 aliphatic carbocycles. The van der Waals surface area contributed by atoms with Gasteiger partial charge in [0.2, 0.25) is 0 Å². The Morgan fingerprint density at radius 3 is 2.33 bits per heavy atom. The average Bonchev–Trinajstić information content (AvgIpc) is 2.25.